The summed E-state index contributed by atoms with van der Waals surface area (Å²) in [7, 11) is -4.77. The fourth-order valence-electron chi connectivity index (χ4n) is 8.49. The van der Waals surface area contributed by atoms with Gasteiger partial charge in [0.15, 0.2) is 6.10 Å². The average molecular weight is 1120 g/mol. The van der Waals surface area contributed by atoms with Gasteiger partial charge in [-0.05, 0) is 116 Å². The Bertz CT molecular complexity index is 1630. The van der Waals surface area contributed by atoms with Crippen LogP contribution in [-0.2, 0) is 42.2 Å². The molecule has 11 nitrogen and oxygen atoms in total. The summed E-state index contributed by atoms with van der Waals surface area (Å²) in [4.78, 5) is 48.7. The minimum absolute atomic E-state index is 0.125. The highest BCUT2D eigenvalue weighted by Crippen LogP contribution is 2.43. The number of unbranched alkanes of at least 4 members (excludes halogenated alkanes) is 27. The van der Waals surface area contributed by atoms with Crippen LogP contribution in [0.3, 0.4) is 0 Å². The third-order valence-electron chi connectivity index (χ3n) is 13.3. The second-order valence-corrected chi connectivity index (χ2v) is 22.3. The number of hydrogen-bond donors (Lipinski definition) is 2. The van der Waals surface area contributed by atoms with Gasteiger partial charge in [0.05, 0.1) is 19.8 Å². The van der Waals surface area contributed by atoms with Gasteiger partial charge in [-0.25, -0.2) is 4.57 Å². The minimum Gasteiger partial charge on any atom is -0.462 e. The van der Waals surface area contributed by atoms with Crippen molar-refractivity contribution in [1.82, 2.24) is 0 Å². The summed E-state index contributed by atoms with van der Waals surface area (Å²) < 4.78 is 39.6. The summed E-state index contributed by atoms with van der Waals surface area (Å²) in [5.74, 6) is -1.51. The van der Waals surface area contributed by atoms with Gasteiger partial charge in [-0.2, -0.15) is 0 Å². The number of carbonyl (C=O) groups excluding carboxylic acids is 3. The van der Waals surface area contributed by atoms with Gasteiger partial charge in [-0.3, -0.25) is 23.4 Å². The molecular formula is C66H115O11P. The number of phosphoric ester groups is 1. The van der Waals surface area contributed by atoms with E-state index < -0.39 is 57.8 Å². The van der Waals surface area contributed by atoms with Gasteiger partial charge in [-0.15, -0.1) is 0 Å². The smallest absolute Gasteiger partial charge is 0.462 e. The monoisotopic (exact) mass is 1110 g/mol. The van der Waals surface area contributed by atoms with Crippen LogP contribution in [0.5, 0.6) is 0 Å². The Kier molecular flexibility index (Phi) is 57.2. The summed E-state index contributed by atoms with van der Waals surface area (Å²) in [6.07, 6.45) is 69.6. The highest BCUT2D eigenvalue weighted by atomic mass is 31.2. The molecule has 2 N–H and O–H groups in total. The van der Waals surface area contributed by atoms with E-state index in [0.29, 0.717) is 19.3 Å². The van der Waals surface area contributed by atoms with Gasteiger partial charge in [0, 0.05) is 19.3 Å². The molecule has 3 atom stereocenters. The SMILES string of the molecule is CC/C=C\C/C=C\C/C=C\C/C=C\C/C=C\CCCCCC(=O)OC(COC(=O)CCCCCCCCC/C=C\CCCCCCCC)COP(=O)(O)OCC(CO)OC(=O)CCCCCCC/C=C\CCCCCCCC. The Balaban J connectivity index is 4.78. The zero-order valence-electron chi connectivity index (χ0n) is 49.9. The first kappa shape index (κ1) is 74.7. The van der Waals surface area contributed by atoms with Crippen molar-refractivity contribution in [2.24, 2.45) is 0 Å². The van der Waals surface area contributed by atoms with E-state index in [1.54, 1.807) is 0 Å². The molecule has 0 rings (SSSR count). The quantitative estimate of drug-likeness (QED) is 0.0197. The first-order valence-electron chi connectivity index (χ1n) is 31.5. The summed E-state index contributed by atoms with van der Waals surface area (Å²) in [6.45, 7) is 4.50. The Morgan fingerprint density at radius 1 is 0.372 bits per heavy atom. The number of ether oxygens (including phenoxy) is 3. The fraction of sp³-hybridized carbons (Fsp3) is 0.742. The maximum Gasteiger partial charge on any atom is 0.472 e. The molecule has 0 saturated carbocycles. The Hall–Kier alpha value is -3.34. The molecular weight excluding hydrogens is 1000 g/mol. The first-order chi connectivity index (χ1) is 38.2. The second-order valence-electron chi connectivity index (χ2n) is 20.8. The molecule has 0 aliphatic carbocycles. The van der Waals surface area contributed by atoms with E-state index in [9.17, 15) is 28.9 Å². The van der Waals surface area contributed by atoms with Gasteiger partial charge >= 0.3 is 25.7 Å². The molecule has 0 bridgehead atoms. The summed E-state index contributed by atoms with van der Waals surface area (Å²) in [5.41, 5.74) is 0. The van der Waals surface area contributed by atoms with Crippen LogP contribution >= 0.6 is 7.82 Å². The van der Waals surface area contributed by atoms with Crippen LogP contribution in [0.1, 0.15) is 278 Å². The van der Waals surface area contributed by atoms with E-state index in [4.69, 9.17) is 23.3 Å². The Morgan fingerprint density at radius 2 is 0.667 bits per heavy atom. The lowest BCUT2D eigenvalue weighted by atomic mass is 10.1. The summed E-state index contributed by atoms with van der Waals surface area (Å²) in [6, 6.07) is 0. The predicted molar refractivity (Wildman–Crippen MR) is 325 cm³/mol. The van der Waals surface area contributed by atoms with Gasteiger partial charge in [0.2, 0.25) is 0 Å². The van der Waals surface area contributed by atoms with Crippen molar-refractivity contribution in [2.75, 3.05) is 26.4 Å². The van der Waals surface area contributed by atoms with E-state index in [1.807, 2.05) is 0 Å². The lowest BCUT2D eigenvalue weighted by Gasteiger charge is -2.21. The lowest BCUT2D eigenvalue weighted by Crippen LogP contribution is -2.30. The topological polar surface area (TPSA) is 155 Å². The standard InChI is InChI=1S/C66H115O11P/c1-4-7-10-13-16-19-22-25-28-30-31-33-36-39-42-45-48-51-54-57-66(70)77-63(59-73-64(68)55-52-49-46-43-40-37-35-32-29-26-23-20-17-14-11-8-5-2)61-75-78(71,72)74-60-62(58-67)76-65(69)56-53-50-47-44-41-38-34-27-24-21-18-15-12-9-6-3/h7,10,16,19,25-29,31,33-34,39,42,62-63,67H,4-6,8-9,11-15,17-18,20-24,30,32,35-38,40-41,43-61H2,1-3H3,(H,71,72)/b10-7-,19-16-,28-25-,29-26-,33-31-,34-27-,42-39-. The van der Waals surface area contributed by atoms with Gasteiger partial charge in [-0.1, -0.05) is 228 Å². The van der Waals surface area contributed by atoms with Gasteiger partial charge < -0.3 is 24.2 Å². The molecule has 0 fully saturated rings. The largest absolute Gasteiger partial charge is 0.472 e. The van der Waals surface area contributed by atoms with E-state index in [0.717, 1.165) is 116 Å². The molecule has 0 aromatic carbocycles. The molecule has 0 aromatic heterocycles. The molecule has 3 unspecified atom stereocenters. The van der Waals surface area contributed by atoms with E-state index in [2.05, 4.69) is 106 Å². The number of aliphatic hydroxyl groups is 1. The fourth-order valence-corrected chi connectivity index (χ4v) is 9.27. The van der Waals surface area contributed by atoms with Crippen molar-refractivity contribution < 1.29 is 52.2 Å². The third-order valence-corrected chi connectivity index (χ3v) is 14.2. The number of allylic oxidation sites excluding steroid dienone is 14. The molecule has 0 aliphatic heterocycles. The molecule has 0 aliphatic rings. The van der Waals surface area contributed by atoms with Crippen molar-refractivity contribution >= 4 is 25.7 Å². The number of carbonyl (C=O) groups is 3. The molecule has 0 aromatic rings. The zero-order valence-corrected chi connectivity index (χ0v) is 50.8. The van der Waals surface area contributed by atoms with Crippen LogP contribution in [0.25, 0.3) is 0 Å². The highest BCUT2D eigenvalue weighted by Gasteiger charge is 2.28. The van der Waals surface area contributed by atoms with Crippen molar-refractivity contribution in [3.8, 4) is 0 Å². The maximum absolute atomic E-state index is 12.9. The van der Waals surface area contributed by atoms with Crippen molar-refractivity contribution in [3.63, 3.8) is 0 Å². The zero-order chi connectivity index (χ0) is 56.9. The van der Waals surface area contributed by atoms with Gasteiger partial charge in [0.1, 0.15) is 12.7 Å². The van der Waals surface area contributed by atoms with E-state index >= 15 is 0 Å². The van der Waals surface area contributed by atoms with Crippen molar-refractivity contribution in [2.45, 2.75) is 290 Å². The average Bonchev–Trinajstić information content (AvgIpc) is 3.43. The highest BCUT2D eigenvalue weighted by molar-refractivity contribution is 7.47. The Labute approximate surface area is 477 Å². The number of phosphoric acid groups is 1. The molecule has 0 heterocycles. The van der Waals surface area contributed by atoms with Crippen LogP contribution < -0.4 is 0 Å². The van der Waals surface area contributed by atoms with E-state index in [1.165, 1.54) is 103 Å². The van der Waals surface area contributed by atoms with Crippen LogP contribution in [0.2, 0.25) is 0 Å². The molecule has 450 valence electrons. The number of esters is 3. The first-order valence-corrected chi connectivity index (χ1v) is 33.0. The maximum atomic E-state index is 12.9. The van der Waals surface area contributed by atoms with Crippen molar-refractivity contribution in [3.05, 3.63) is 85.1 Å². The number of aliphatic hydroxyl groups excluding tert-OH is 1. The second kappa shape index (κ2) is 59.8. The molecule has 0 spiro atoms. The van der Waals surface area contributed by atoms with Crippen LogP contribution in [0.4, 0.5) is 0 Å². The summed E-state index contributed by atoms with van der Waals surface area (Å²) in [5, 5.41) is 9.84. The summed E-state index contributed by atoms with van der Waals surface area (Å²) >= 11 is 0. The molecule has 0 saturated heterocycles. The van der Waals surface area contributed by atoms with Crippen LogP contribution in [0, 0.1) is 0 Å². The molecule has 12 heteroatoms. The molecule has 0 radical (unpaired) electrons. The third kappa shape index (κ3) is 57.3. The predicted octanol–water partition coefficient (Wildman–Crippen LogP) is 19.0. The van der Waals surface area contributed by atoms with E-state index in [-0.39, 0.29) is 25.9 Å². The molecule has 78 heavy (non-hydrogen) atoms. The van der Waals surface area contributed by atoms with Crippen LogP contribution in [0.15, 0.2) is 85.1 Å². The van der Waals surface area contributed by atoms with Gasteiger partial charge in [0.25, 0.3) is 0 Å². The normalized spacial score (nSPS) is 13.9. The van der Waals surface area contributed by atoms with Crippen molar-refractivity contribution in [1.29, 1.82) is 0 Å². The lowest BCUT2D eigenvalue weighted by molar-refractivity contribution is -0.161. The Morgan fingerprint density at radius 3 is 1.05 bits per heavy atom. The number of rotatable bonds is 58. The molecule has 0 amide bonds. The van der Waals surface area contributed by atoms with Crippen LogP contribution in [-0.4, -0.2) is 66.5 Å². The minimum atomic E-state index is -4.77. The number of hydrogen-bond acceptors (Lipinski definition) is 10.